The first-order valence-electron chi connectivity index (χ1n) is 7.05. The van der Waals surface area contributed by atoms with Crippen LogP contribution in [-0.4, -0.2) is 55.6 Å². The van der Waals surface area contributed by atoms with E-state index in [1.54, 1.807) is 6.07 Å². The van der Waals surface area contributed by atoms with E-state index in [0.29, 0.717) is 12.5 Å². The summed E-state index contributed by atoms with van der Waals surface area (Å²) < 4.78 is 14.2. The molecule has 0 bridgehead atoms. The lowest BCUT2D eigenvalue weighted by Gasteiger charge is -2.32. The Morgan fingerprint density at radius 1 is 1.35 bits per heavy atom. The molecule has 5 heteroatoms. The number of benzene rings is 1. The van der Waals surface area contributed by atoms with Gasteiger partial charge in [0.2, 0.25) is 0 Å². The third-order valence-electron chi connectivity index (χ3n) is 4.00. The van der Waals surface area contributed by atoms with Gasteiger partial charge in [-0.1, -0.05) is 15.9 Å². The van der Waals surface area contributed by atoms with Gasteiger partial charge < -0.3 is 15.5 Å². The molecule has 1 aromatic carbocycles. The standard InChI is InChI=1S/C15H23BrFN3/c1-19-4-3-5-20(2)15(10-19)14(18)8-11-6-12(16)9-13(17)7-11/h6-7,9,14-15H,3-5,8,10,18H2,1-2H3. The maximum Gasteiger partial charge on any atom is 0.124 e. The number of hydrogen-bond donors (Lipinski definition) is 1. The molecule has 0 saturated carbocycles. The van der Waals surface area contributed by atoms with E-state index >= 15 is 0 Å². The van der Waals surface area contributed by atoms with Gasteiger partial charge in [0.1, 0.15) is 5.82 Å². The summed E-state index contributed by atoms with van der Waals surface area (Å²) in [7, 11) is 4.27. The number of nitrogens with zero attached hydrogens (tertiary/aromatic N) is 2. The van der Waals surface area contributed by atoms with Crippen molar-refractivity contribution in [2.75, 3.05) is 33.7 Å². The summed E-state index contributed by atoms with van der Waals surface area (Å²) in [5, 5.41) is 0. The Bertz CT molecular complexity index is 434. The fourth-order valence-electron chi connectivity index (χ4n) is 2.91. The fraction of sp³-hybridized carbons (Fsp3) is 0.600. The van der Waals surface area contributed by atoms with Crippen molar-refractivity contribution in [3.05, 3.63) is 34.1 Å². The monoisotopic (exact) mass is 343 g/mol. The molecule has 20 heavy (non-hydrogen) atoms. The SMILES string of the molecule is CN1CCCN(C)C(C(N)Cc2cc(F)cc(Br)c2)C1. The lowest BCUT2D eigenvalue weighted by atomic mass is 9.99. The van der Waals surface area contributed by atoms with Gasteiger partial charge in [0.05, 0.1) is 0 Å². The number of halogens is 2. The molecule has 2 unspecified atom stereocenters. The van der Waals surface area contributed by atoms with Crippen LogP contribution in [0.25, 0.3) is 0 Å². The summed E-state index contributed by atoms with van der Waals surface area (Å²) in [6.45, 7) is 3.14. The van der Waals surface area contributed by atoms with Crippen LogP contribution in [0, 0.1) is 5.82 Å². The van der Waals surface area contributed by atoms with Crippen LogP contribution in [0.3, 0.4) is 0 Å². The van der Waals surface area contributed by atoms with Crippen LogP contribution in [0.4, 0.5) is 4.39 Å². The molecule has 0 aromatic heterocycles. The zero-order valence-electron chi connectivity index (χ0n) is 12.1. The van der Waals surface area contributed by atoms with Crippen molar-refractivity contribution in [3.8, 4) is 0 Å². The van der Waals surface area contributed by atoms with E-state index in [2.05, 4.69) is 39.8 Å². The molecule has 0 amide bonds. The molecule has 0 aliphatic carbocycles. The predicted octanol–water partition coefficient (Wildman–Crippen LogP) is 2.09. The molecular formula is C15H23BrFN3. The molecule has 0 radical (unpaired) electrons. The second-order valence-electron chi connectivity index (χ2n) is 5.81. The van der Waals surface area contributed by atoms with Gasteiger partial charge >= 0.3 is 0 Å². The van der Waals surface area contributed by atoms with Crippen molar-refractivity contribution in [1.29, 1.82) is 0 Å². The molecule has 2 N–H and O–H groups in total. The molecule has 1 aliphatic rings. The zero-order chi connectivity index (χ0) is 14.7. The Morgan fingerprint density at radius 2 is 2.10 bits per heavy atom. The van der Waals surface area contributed by atoms with E-state index in [0.717, 1.165) is 29.7 Å². The van der Waals surface area contributed by atoms with E-state index in [-0.39, 0.29) is 11.9 Å². The van der Waals surface area contributed by atoms with E-state index < -0.39 is 0 Å². The van der Waals surface area contributed by atoms with Gasteiger partial charge in [-0.2, -0.15) is 0 Å². The maximum atomic E-state index is 13.4. The van der Waals surface area contributed by atoms with Gasteiger partial charge in [0.25, 0.3) is 0 Å². The van der Waals surface area contributed by atoms with Crippen LogP contribution in [0.5, 0.6) is 0 Å². The second-order valence-corrected chi connectivity index (χ2v) is 6.73. The van der Waals surface area contributed by atoms with Crippen LogP contribution >= 0.6 is 15.9 Å². The van der Waals surface area contributed by atoms with Gasteiger partial charge in [0.15, 0.2) is 0 Å². The summed E-state index contributed by atoms with van der Waals surface area (Å²) in [4.78, 5) is 4.66. The number of rotatable bonds is 3. The average Bonchev–Trinajstić information content (AvgIpc) is 2.49. The molecule has 112 valence electrons. The molecule has 1 heterocycles. The smallest absolute Gasteiger partial charge is 0.124 e. The predicted molar refractivity (Wildman–Crippen MR) is 84.3 cm³/mol. The molecule has 1 fully saturated rings. The first-order valence-corrected chi connectivity index (χ1v) is 7.84. The normalized spacial score (nSPS) is 23.6. The minimum Gasteiger partial charge on any atom is -0.326 e. The minimum atomic E-state index is -0.215. The van der Waals surface area contributed by atoms with Gasteiger partial charge in [-0.3, -0.25) is 0 Å². The van der Waals surface area contributed by atoms with Crippen molar-refractivity contribution in [3.63, 3.8) is 0 Å². The van der Waals surface area contributed by atoms with Crippen molar-refractivity contribution in [2.24, 2.45) is 5.73 Å². The molecule has 2 rings (SSSR count). The first-order chi connectivity index (χ1) is 9.45. The molecule has 1 aliphatic heterocycles. The summed E-state index contributed by atoms with van der Waals surface area (Å²) in [5.74, 6) is -0.215. The first kappa shape index (κ1) is 15.9. The zero-order valence-corrected chi connectivity index (χ0v) is 13.7. The van der Waals surface area contributed by atoms with Crippen LogP contribution in [0.1, 0.15) is 12.0 Å². The third-order valence-corrected chi connectivity index (χ3v) is 4.46. The number of hydrogen-bond acceptors (Lipinski definition) is 3. The van der Waals surface area contributed by atoms with Crippen LogP contribution in [0.15, 0.2) is 22.7 Å². The fourth-order valence-corrected chi connectivity index (χ4v) is 3.42. The topological polar surface area (TPSA) is 32.5 Å². The lowest BCUT2D eigenvalue weighted by molar-refractivity contribution is 0.195. The van der Waals surface area contributed by atoms with Gasteiger partial charge in [0, 0.05) is 23.1 Å². The Morgan fingerprint density at radius 3 is 2.80 bits per heavy atom. The van der Waals surface area contributed by atoms with Crippen molar-refractivity contribution >= 4 is 15.9 Å². The highest BCUT2D eigenvalue weighted by atomic mass is 79.9. The Kier molecular flexibility index (Phi) is 5.55. The summed E-state index contributed by atoms with van der Waals surface area (Å²) >= 11 is 3.33. The van der Waals surface area contributed by atoms with Gasteiger partial charge in [-0.05, 0) is 63.8 Å². The molecule has 3 nitrogen and oxygen atoms in total. The van der Waals surface area contributed by atoms with Crippen LogP contribution < -0.4 is 5.73 Å². The highest BCUT2D eigenvalue weighted by Crippen LogP contribution is 2.18. The average molecular weight is 344 g/mol. The van der Waals surface area contributed by atoms with Crippen LogP contribution in [0.2, 0.25) is 0 Å². The lowest BCUT2D eigenvalue weighted by Crippen LogP contribution is -2.51. The van der Waals surface area contributed by atoms with Gasteiger partial charge in [-0.25, -0.2) is 4.39 Å². The molecule has 1 aromatic rings. The third kappa shape index (κ3) is 4.25. The highest BCUT2D eigenvalue weighted by Gasteiger charge is 2.26. The largest absolute Gasteiger partial charge is 0.326 e. The van der Waals surface area contributed by atoms with Crippen molar-refractivity contribution in [2.45, 2.75) is 24.9 Å². The second kappa shape index (κ2) is 6.98. The van der Waals surface area contributed by atoms with E-state index in [4.69, 9.17) is 5.73 Å². The molecule has 2 atom stereocenters. The molecule has 0 spiro atoms. The van der Waals surface area contributed by atoms with E-state index in [9.17, 15) is 4.39 Å². The summed E-state index contributed by atoms with van der Waals surface area (Å²) in [6, 6.07) is 5.31. The number of nitrogens with two attached hydrogens (primary N) is 1. The Labute approximate surface area is 129 Å². The van der Waals surface area contributed by atoms with E-state index in [1.165, 1.54) is 12.5 Å². The Hall–Kier alpha value is -0.490. The van der Waals surface area contributed by atoms with Crippen LogP contribution in [-0.2, 0) is 6.42 Å². The van der Waals surface area contributed by atoms with Crippen molar-refractivity contribution < 1.29 is 4.39 Å². The molecule has 1 saturated heterocycles. The highest BCUT2D eigenvalue weighted by molar-refractivity contribution is 9.10. The summed E-state index contributed by atoms with van der Waals surface area (Å²) in [5.41, 5.74) is 7.35. The minimum absolute atomic E-state index is 0.00856. The Balaban J connectivity index is 2.07. The van der Waals surface area contributed by atoms with E-state index in [1.807, 2.05) is 6.07 Å². The quantitative estimate of drug-likeness (QED) is 0.912. The number of likely N-dealkylation sites (N-methyl/N-ethyl adjacent to an activating group) is 2. The molecular weight excluding hydrogens is 321 g/mol. The maximum absolute atomic E-state index is 13.4. The van der Waals surface area contributed by atoms with Gasteiger partial charge in [-0.15, -0.1) is 0 Å². The van der Waals surface area contributed by atoms with Crippen molar-refractivity contribution in [1.82, 2.24) is 9.80 Å². The summed E-state index contributed by atoms with van der Waals surface area (Å²) in [6.07, 6.45) is 1.86.